The molecule has 0 aromatic carbocycles. The fraction of sp³-hybridized carbons (Fsp3) is 0.662. The first-order valence-electron chi connectivity index (χ1n) is 33.2. The van der Waals surface area contributed by atoms with Gasteiger partial charge in [0.25, 0.3) is 0 Å². The molecule has 0 fully saturated rings. The van der Waals surface area contributed by atoms with Gasteiger partial charge in [0.05, 0.1) is 0 Å². The quantitative estimate of drug-likeness (QED) is 0.0261. The van der Waals surface area contributed by atoms with E-state index in [1.807, 2.05) is 0 Å². The zero-order valence-corrected chi connectivity index (χ0v) is 52.0. The largest absolute Gasteiger partial charge is 0.462 e. The van der Waals surface area contributed by atoms with Crippen molar-refractivity contribution in [3.8, 4) is 0 Å². The van der Waals surface area contributed by atoms with Gasteiger partial charge in [0.15, 0.2) is 6.10 Å². The second-order valence-electron chi connectivity index (χ2n) is 21.6. The van der Waals surface area contributed by atoms with Crippen LogP contribution in [0.4, 0.5) is 0 Å². The van der Waals surface area contributed by atoms with Gasteiger partial charge < -0.3 is 14.2 Å². The molecule has 0 aliphatic carbocycles. The lowest BCUT2D eigenvalue weighted by atomic mass is 10.0. The Bertz CT molecular complexity index is 1700. The first-order valence-corrected chi connectivity index (χ1v) is 33.2. The number of esters is 3. The highest BCUT2D eigenvalue weighted by Gasteiger charge is 2.19. The highest BCUT2D eigenvalue weighted by atomic mass is 16.6. The van der Waals surface area contributed by atoms with Gasteiger partial charge in [-0.2, -0.15) is 0 Å². The summed E-state index contributed by atoms with van der Waals surface area (Å²) in [5.74, 6) is -0.944. The number of carbonyl (C=O) groups excluding carboxylic acids is 3. The number of rotatable bonds is 59. The molecule has 0 rings (SSSR count). The van der Waals surface area contributed by atoms with Crippen molar-refractivity contribution in [3.63, 3.8) is 0 Å². The molecule has 0 amide bonds. The molecule has 0 aromatic rings. The molecule has 0 aliphatic heterocycles. The second kappa shape index (κ2) is 67.1. The van der Waals surface area contributed by atoms with Crippen LogP contribution in [0, 0.1) is 0 Å². The van der Waals surface area contributed by atoms with Crippen LogP contribution in [-0.4, -0.2) is 37.2 Å². The van der Waals surface area contributed by atoms with Crippen LogP contribution < -0.4 is 0 Å². The van der Waals surface area contributed by atoms with Gasteiger partial charge in [0, 0.05) is 19.3 Å². The summed E-state index contributed by atoms with van der Waals surface area (Å²) in [5.41, 5.74) is 0. The predicted octanol–water partition coefficient (Wildman–Crippen LogP) is 22.9. The lowest BCUT2D eigenvalue weighted by Crippen LogP contribution is -2.30. The van der Waals surface area contributed by atoms with Crippen molar-refractivity contribution in [2.75, 3.05) is 13.2 Å². The van der Waals surface area contributed by atoms with Crippen molar-refractivity contribution in [3.05, 3.63) is 134 Å². The van der Waals surface area contributed by atoms with Crippen molar-refractivity contribution >= 4 is 17.9 Å². The van der Waals surface area contributed by atoms with Crippen LogP contribution in [0.15, 0.2) is 134 Å². The molecule has 1 unspecified atom stereocenters. The summed E-state index contributed by atoms with van der Waals surface area (Å²) in [4.78, 5) is 38.3. The Morgan fingerprint density at radius 3 is 0.800 bits per heavy atom. The van der Waals surface area contributed by atoms with E-state index in [1.165, 1.54) is 122 Å². The SMILES string of the molecule is CC/C=C\C/C=C\C/C=C\C/C=C\C/C=C\C/C=C\C/C=C\C/C=C\C/C=C\C/C=C\CCCCC(=O)OCC(COC(=O)CCCCCCCCCCCCCCCC)OC(=O)CCCCCCC/C=C\CCCCCCCC. The third-order valence-electron chi connectivity index (χ3n) is 13.9. The Hall–Kier alpha value is -4.45. The van der Waals surface area contributed by atoms with Crippen molar-refractivity contribution < 1.29 is 28.6 Å². The number of unbranched alkanes of at least 4 members (excludes halogenated alkanes) is 26. The molecule has 0 N–H and O–H groups in total. The molecule has 1 atom stereocenters. The molecule has 0 saturated carbocycles. The average molecular weight is 1110 g/mol. The smallest absolute Gasteiger partial charge is 0.306 e. The summed E-state index contributed by atoms with van der Waals surface area (Å²) in [6, 6.07) is 0. The normalized spacial score (nSPS) is 13.0. The van der Waals surface area contributed by atoms with Crippen LogP contribution >= 0.6 is 0 Å². The number of ether oxygens (including phenoxy) is 3. The Kier molecular flexibility index (Phi) is 63.3. The Morgan fingerprint density at radius 1 is 0.263 bits per heavy atom. The van der Waals surface area contributed by atoms with Crippen LogP contribution in [0.2, 0.25) is 0 Å². The van der Waals surface area contributed by atoms with E-state index in [-0.39, 0.29) is 31.1 Å². The molecule has 6 nitrogen and oxygen atoms in total. The van der Waals surface area contributed by atoms with Crippen molar-refractivity contribution in [1.82, 2.24) is 0 Å². The van der Waals surface area contributed by atoms with E-state index in [1.54, 1.807) is 0 Å². The fourth-order valence-corrected chi connectivity index (χ4v) is 8.94. The van der Waals surface area contributed by atoms with Crippen LogP contribution in [0.5, 0.6) is 0 Å². The van der Waals surface area contributed by atoms with Gasteiger partial charge in [-0.15, -0.1) is 0 Å². The molecule has 0 aromatic heterocycles. The van der Waals surface area contributed by atoms with Crippen LogP contribution in [0.3, 0.4) is 0 Å². The van der Waals surface area contributed by atoms with Gasteiger partial charge in [-0.25, -0.2) is 0 Å². The van der Waals surface area contributed by atoms with Gasteiger partial charge in [-0.1, -0.05) is 289 Å². The molecule has 0 radical (unpaired) electrons. The lowest BCUT2D eigenvalue weighted by Gasteiger charge is -2.18. The molecular weight excluding hydrogens is 985 g/mol. The molecule has 0 heterocycles. The molecule has 6 heteroatoms. The van der Waals surface area contributed by atoms with Crippen LogP contribution in [-0.2, 0) is 28.6 Å². The second-order valence-corrected chi connectivity index (χ2v) is 21.6. The van der Waals surface area contributed by atoms with Crippen LogP contribution in [0.1, 0.15) is 297 Å². The lowest BCUT2D eigenvalue weighted by molar-refractivity contribution is -0.167. The van der Waals surface area contributed by atoms with E-state index < -0.39 is 6.10 Å². The van der Waals surface area contributed by atoms with Gasteiger partial charge in [0.2, 0.25) is 0 Å². The number of hydrogen-bond donors (Lipinski definition) is 0. The van der Waals surface area contributed by atoms with E-state index in [9.17, 15) is 14.4 Å². The molecule has 0 bridgehead atoms. The van der Waals surface area contributed by atoms with E-state index in [4.69, 9.17) is 14.2 Å². The zero-order chi connectivity index (χ0) is 57.8. The highest BCUT2D eigenvalue weighted by Crippen LogP contribution is 2.15. The fourth-order valence-electron chi connectivity index (χ4n) is 8.94. The van der Waals surface area contributed by atoms with Crippen molar-refractivity contribution in [2.24, 2.45) is 0 Å². The number of carbonyl (C=O) groups is 3. The van der Waals surface area contributed by atoms with Gasteiger partial charge in [0.1, 0.15) is 13.2 Å². The summed E-state index contributed by atoms with van der Waals surface area (Å²) in [5, 5.41) is 0. The molecule has 0 saturated heterocycles. The van der Waals surface area contributed by atoms with Crippen molar-refractivity contribution in [1.29, 1.82) is 0 Å². The monoisotopic (exact) mass is 1110 g/mol. The van der Waals surface area contributed by atoms with Crippen molar-refractivity contribution in [2.45, 2.75) is 303 Å². The maximum absolute atomic E-state index is 12.9. The first-order chi connectivity index (χ1) is 39.5. The summed E-state index contributed by atoms with van der Waals surface area (Å²) in [6.07, 6.45) is 94.6. The van der Waals surface area contributed by atoms with Gasteiger partial charge >= 0.3 is 17.9 Å². The molecular formula is C74H122O6. The van der Waals surface area contributed by atoms with E-state index in [0.29, 0.717) is 25.7 Å². The summed E-state index contributed by atoms with van der Waals surface area (Å²) in [6.45, 7) is 6.49. The minimum Gasteiger partial charge on any atom is -0.462 e. The van der Waals surface area contributed by atoms with Crippen LogP contribution in [0.25, 0.3) is 0 Å². The maximum atomic E-state index is 12.9. The highest BCUT2D eigenvalue weighted by molar-refractivity contribution is 5.71. The summed E-state index contributed by atoms with van der Waals surface area (Å²) < 4.78 is 16.9. The van der Waals surface area contributed by atoms with Gasteiger partial charge in [-0.3, -0.25) is 14.4 Å². The van der Waals surface area contributed by atoms with Gasteiger partial charge in [-0.05, 0) is 122 Å². The zero-order valence-electron chi connectivity index (χ0n) is 52.0. The Labute approximate surface area is 494 Å². The minimum atomic E-state index is -0.803. The molecule has 80 heavy (non-hydrogen) atoms. The third-order valence-corrected chi connectivity index (χ3v) is 13.9. The Balaban J connectivity index is 4.38. The molecule has 0 spiro atoms. The standard InChI is InChI=1S/C74H122O6/c1-4-7-10-13-16-19-22-25-28-29-30-31-32-33-34-35-36-37-38-39-40-41-42-43-44-45-47-49-52-55-58-61-64-67-73(76)79-70-71(69-78-72(75)66-63-60-57-54-51-48-27-24-21-18-15-12-9-6-3)80-74(77)68-65-62-59-56-53-50-46-26-23-20-17-14-11-8-5-2/h7,10,16,19,25-26,28,30-31,33-34,36-37,39-40,42-43,45-47,52,55,71H,4-6,8-9,11-15,17-18,20-24,27,29,32,35,38,41,44,48-51,53-54,56-70H2,1-3H3/b10-7-,19-16-,28-25-,31-30-,34-33-,37-36-,40-39-,43-42-,46-26-,47-45-,55-52-. The van der Waals surface area contributed by atoms with E-state index >= 15 is 0 Å². The topological polar surface area (TPSA) is 78.9 Å². The van der Waals surface area contributed by atoms with E-state index in [0.717, 1.165) is 128 Å². The molecule has 0 aliphatic rings. The number of hydrogen-bond acceptors (Lipinski definition) is 6. The van der Waals surface area contributed by atoms with E-state index in [2.05, 4.69) is 154 Å². The summed E-state index contributed by atoms with van der Waals surface area (Å²) >= 11 is 0. The minimum absolute atomic E-state index is 0.0952. The molecule has 454 valence electrons. The third kappa shape index (κ3) is 64.4. The average Bonchev–Trinajstić information content (AvgIpc) is 3.46. The summed E-state index contributed by atoms with van der Waals surface area (Å²) in [7, 11) is 0. The number of allylic oxidation sites excluding steroid dienone is 22. The first kappa shape index (κ1) is 75.5. The predicted molar refractivity (Wildman–Crippen MR) is 348 cm³/mol. The Morgan fingerprint density at radius 2 is 0.487 bits per heavy atom. The maximum Gasteiger partial charge on any atom is 0.306 e.